The third kappa shape index (κ3) is 3.19. The zero-order chi connectivity index (χ0) is 18.1. The summed E-state index contributed by atoms with van der Waals surface area (Å²) in [6.07, 6.45) is 0.846. The first-order valence-corrected chi connectivity index (χ1v) is 9.19. The van der Waals surface area contributed by atoms with E-state index in [0.29, 0.717) is 12.5 Å². The predicted octanol–water partition coefficient (Wildman–Crippen LogP) is 3.04. The third-order valence-corrected chi connectivity index (χ3v) is 5.44. The maximum atomic E-state index is 13.4. The van der Waals surface area contributed by atoms with Crippen molar-refractivity contribution in [3.05, 3.63) is 71.0 Å². The van der Waals surface area contributed by atoms with Gasteiger partial charge < -0.3 is 15.1 Å². The minimum Gasteiger partial charge on any atom is -0.327 e. The van der Waals surface area contributed by atoms with E-state index >= 15 is 0 Å². The van der Waals surface area contributed by atoms with E-state index in [1.54, 1.807) is 12.1 Å². The molecule has 1 saturated heterocycles. The summed E-state index contributed by atoms with van der Waals surface area (Å²) in [5.41, 5.74) is 3.35. The Kier molecular flexibility index (Phi) is 4.64. The van der Waals surface area contributed by atoms with Gasteiger partial charge in [-0.1, -0.05) is 36.4 Å². The Hall–Kier alpha value is -2.40. The molecule has 1 fully saturated rings. The molecule has 2 amide bonds. The highest BCUT2D eigenvalue weighted by atomic mass is 19.1. The molecule has 4 nitrogen and oxygen atoms in total. The second-order valence-electron chi connectivity index (χ2n) is 7.28. The lowest BCUT2D eigenvalue weighted by atomic mass is 9.88. The molecule has 0 bridgehead atoms. The van der Waals surface area contributed by atoms with E-state index in [9.17, 15) is 9.18 Å². The Morgan fingerprint density at radius 2 is 1.92 bits per heavy atom. The monoisotopic (exact) mass is 353 g/mol. The molecule has 0 radical (unpaired) electrons. The molecule has 4 rings (SSSR count). The molecule has 1 unspecified atom stereocenters. The molecule has 136 valence electrons. The Balaban J connectivity index is 1.66. The summed E-state index contributed by atoms with van der Waals surface area (Å²) < 4.78 is 13.4. The summed E-state index contributed by atoms with van der Waals surface area (Å²) in [4.78, 5) is 17.0. The van der Waals surface area contributed by atoms with Crippen molar-refractivity contribution in [1.29, 1.82) is 0 Å². The van der Waals surface area contributed by atoms with E-state index in [2.05, 4.69) is 17.4 Å². The fourth-order valence-electron chi connectivity index (χ4n) is 3.94. The fourth-order valence-corrected chi connectivity index (χ4v) is 3.94. The average molecular weight is 353 g/mol. The molecular formula is C21H24FN3O. The minimum atomic E-state index is -0.259. The van der Waals surface area contributed by atoms with Gasteiger partial charge in [-0.2, -0.15) is 0 Å². The molecule has 1 atom stereocenters. The number of hydrogen-bond donors (Lipinski definition) is 1. The van der Waals surface area contributed by atoms with E-state index < -0.39 is 0 Å². The van der Waals surface area contributed by atoms with Gasteiger partial charge >= 0.3 is 6.03 Å². The highest BCUT2D eigenvalue weighted by molar-refractivity contribution is 5.76. The van der Waals surface area contributed by atoms with Crippen LogP contribution in [0.3, 0.4) is 0 Å². The number of rotatable bonds is 3. The Morgan fingerprint density at radius 1 is 1.19 bits per heavy atom. The van der Waals surface area contributed by atoms with Gasteiger partial charge in [-0.05, 0) is 35.2 Å². The van der Waals surface area contributed by atoms with Crippen LogP contribution in [0, 0.1) is 11.7 Å². The number of nitrogens with one attached hydrogen (secondary N) is 1. The number of urea groups is 1. The number of amides is 2. The molecule has 0 aromatic heterocycles. The zero-order valence-electron chi connectivity index (χ0n) is 15.0. The maximum Gasteiger partial charge on any atom is 0.320 e. The Morgan fingerprint density at radius 3 is 2.62 bits per heavy atom. The number of nitrogens with zero attached hydrogens (tertiary/aromatic N) is 2. The van der Waals surface area contributed by atoms with E-state index in [0.717, 1.165) is 37.2 Å². The standard InChI is InChI=1S/C21H24FN3O/c1-24(14-15-12-23-13-15)21(26)25-11-10-16-4-2-3-5-19(16)20(25)17-6-8-18(22)9-7-17/h2-9,15,20,23H,10-14H2,1H3. The van der Waals surface area contributed by atoms with Gasteiger partial charge in [0.1, 0.15) is 5.82 Å². The predicted molar refractivity (Wildman–Crippen MR) is 99.5 cm³/mol. The summed E-state index contributed by atoms with van der Waals surface area (Å²) in [6.45, 7) is 3.38. The number of fused-ring (bicyclic) bond motifs is 1. The van der Waals surface area contributed by atoms with Gasteiger partial charge in [0.2, 0.25) is 0 Å². The van der Waals surface area contributed by atoms with Crippen LogP contribution in [0.4, 0.5) is 9.18 Å². The summed E-state index contributed by atoms with van der Waals surface area (Å²) >= 11 is 0. The van der Waals surface area contributed by atoms with Crippen molar-refractivity contribution in [1.82, 2.24) is 15.1 Å². The van der Waals surface area contributed by atoms with Gasteiger partial charge in [0.15, 0.2) is 0 Å². The van der Waals surface area contributed by atoms with Gasteiger partial charge in [-0.25, -0.2) is 9.18 Å². The third-order valence-electron chi connectivity index (χ3n) is 5.44. The quantitative estimate of drug-likeness (QED) is 0.921. The highest BCUT2D eigenvalue weighted by Crippen LogP contribution is 2.35. The number of benzene rings is 2. The Bertz CT molecular complexity index is 788. The molecular weight excluding hydrogens is 329 g/mol. The number of carbonyl (C=O) groups is 1. The number of hydrogen-bond acceptors (Lipinski definition) is 2. The van der Waals surface area contributed by atoms with Crippen molar-refractivity contribution in [2.45, 2.75) is 12.5 Å². The average Bonchev–Trinajstić information content (AvgIpc) is 2.64. The van der Waals surface area contributed by atoms with Gasteiger partial charge in [-0.15, -0.1) is 0 Å². The Labute approximate surface area is 153 Å². The van der Waals surface area contributed by atoms with Crippen LogP contribution in [-0.4, -0.2) is 49.1 Å². The van der Waals surface area contributed by atoms with E-state index in [4.69, 9.17) is 0 Å². The summed E-state index contributed by atoms with van der Waals surface area (Å²) in [5.74, 6) is 0.274. The first-order valence-electron chi connectivity index (χ1n) is 9.19. The molecule has 0 saturated carbocycles. The van der Waals surface area contributed by atoms with Crippen LogP contribution in [0.15, 0.2) is 48.5 Å². The second-order valence-corrected chi connectivity index (χ2v) is 7.28. The number of carbonyl (C=O) groups excluding carboxylic acids is 1. The lowest BCUT2D eigenvalue weighted by Crippen LogP contribution is -2.52. The molecule has 1 N–H and O–H groups in total. The zero-order valence-corrected chi connectivity index (χ0v) is 15.0. The lowest BCUT2D eigenvalue weighted by molar-refractivity contribution is 0.134. The first-order chi connectivity index (χ1) is 12.6. The van der Waals surface area contributed by atoms with E-state index in [1.165, 1.54) is 17.7 Å². The summed E-state index contributed by atoms with van der Waals surface area (Å²) in [7, 11) is 1.88. The second kappa shape index (κ2) is 7.08. The molecule has 2 aliphatic heterocycles. The van der Waals surface area contributed by atoms with Crippen LogP contribution in [-0.2, 0) is 6.42 Å². The van der Waals surface area contributed by atoms with Gasteiger partial charge in [0.05, 0.1) is 6.04 Å². The topological polar surface area (TPSA) is 35.6 Å². The molecule has 2 aromatic carbocycles. The van der Waals surface area contributed by atoms with Gasteiger partial charge in [-0.3, -0.25) is 0 Å². The van der Waals surface area contributed by atoms with Crippen molar-refractivity contribution in [2.75, 3.05) is 33.2 Å². The van der Waals surface area contributed by atoms with Crippen LogP contribution >= 0.6 is 0 Å². The molecule has 26 heavy (non-hydrogen) atoms. The van der Waals surface area contributed by atoms with E-state index in [-0.39, 0.29) is 17.9 Å². The van der Waals surface area contributed by atoms with Gasteiger partial charge in [0, 0.05) is 39.1 Å². The van der Waals surface area contributed by atoms with Crippen LogP contribution in [0.2, 0.25) is 0 Å². The SMILES string of the molecule is CN(CC1CNC1)C(=O)N1CCc2ccccc2C1c1ccc(F)cc1. The first kappa shape index (κ1) is 17.0. The van der Waals surface area contributed by atoms with Crippen LogP contribution in [0.1, 0.15) is 22.7 Å². The normalized spacial score (nSPS) is 19.6. The summed E-state index contributed by atoms with van der Waals surface area (Å²) in [5, 5.41) is 3.25. The van der Waals surface area contributed by atoms with Crippen molar-refractivity contribution >= 4 is 6.03 Å². The molecule has 5 heteroatoms. The van der Waals surface area contributed by atoms with Crippen molar-refractivity contribution in [3.8, 4) is 0 Å². The number of halogens is 1. The van der Waals surface area contributed by atoms with Crippen molar-refractivity contribution in [3.63, 3.8) is 0 Å². The van der Waals surface area contributed by atoms with Crippen molar-refractivity contribution in [2.24, 2.45) is 5.92 Å². The maximum absolute atomic E-state index is 13.4. The molecule has 0 aliphatic carbocycles. The minimum absolute atomic E-state index is 0.0423. The molecule has 2 aliphatic rings. The smallest absolute Gasteiger partial charge is 0.320 e. The highest BCUT2D eigenvalue weighted by Gasteiger charge is 2.34. The summed E-state index contributed by atoms with van der Waals surface area (Å²) in [6, 6.07) is 14.6. The molecule has 0 spiro atoms. The van der Waals surface area contributed by atoms with Crippen LogP contribution in [0.25, 0.3) is 0 Å². The van der Waals surface area contributed by atoms with E-state index in [1.807, 2.05) is 29.0 Å². The van der Waals surface area contributed by atoms with Crippen molar-refractivity contribution < 1.29 is 9.18 Å². The molecule has 2 heterocycles. The lowest BCUT2D eigenvalue weighted by Gasteiger charge is -2.41. The largest absolute Gasteiger partial charge is 0.327 e. The fraction of sp³-hybridized carbons (Fsp3) is 0.381. The van der Waals surface area contributed by atoms with Crippen LogP contribution < -0.4 is 5.32 Å². The van der Waals surface area contributed by atoms with Crippen LogP contribution in [0.5, 0.6) is 0 Å². The molecule has 2 aromatic rings. The van der Waals surface area contributed by atoms with Gasteiger partial charge in [0.25, 0.3) is 0 Å².